The molecule has 108 valence electrons. The van der Waals surface area contributed by atoms with Crippen LogP contribution in [0, 0.1) is 11.3 Å². The standard InChI is InChI=1S/C21H13NS/c22-14-19-18(15-7-2-1-3-8-15)13-16-9-4-5-10-17(16)21(19)20-11-6-12-23-20/h1-13H. The molecule has 3 aromatic carbocycles. The fraction of sp³-hybridized carbons (Fsp3) is 0. The number of nitrogens with zero attached hydrogens (tertiary/aromatic N) is 1. The molecular weight excluding hydrogens is 298 g/mol. The zero-order valence-corrected chi connectivity index (χ0v) is 13.2. The van der Waals surface area contributed by atoms with Gasteiger partial charge in [0.1, 0.15) is 6.07 Å². The summed E-state index contributed by atoms with van der Waals surface area (Å²) >= 11 is 1.67. The summed E-state index contributed by atoms with van der Waals surface area (Å²) in [6.07, 6.45) is 0. The van der Waals surface area contributed by atoms with E-state index in [-0.39, 0.29) is 0 Å². The molecule has 0 N–H and O–H groups in total. The molecule has 0 saturated heterocycles. The van der Waals surface area contributed by atoms with Crippen LogP contribution >= 0.6 is 11.3 Å². The number of fused-ring (bicyclic) bond motifs is 1. The fourth-order valence-corrected chi connectivity index (χ4v) is 3.78. The van der Waals surface area contributed by atoms with E-state index in [0.717, 1.165) is 37.9 Å². The van der Waals surface area contributed by atoms with Gasteiger partial charge < -0.3 is 0 Å². The van der Waals surface area contributed by atoms with Gasteiger partial charge in [0.15, 0.2) is 0 Å². The predicted octanol–water partition coefficient (Wildman–Crippen LogP) is 6.11. The Morgan fingerprint density at radius 2 is 1.61 bits per heavy atom. The quantitative estimate of drug-likeness (QED) is 0.438. The van der Waals surface area contributed by atoms with Gasteiger partial charge in [0.2, 0.25) is 0 Å². The molecule has 23 heavy (non-hydrogen) atoms. The second-order valence-corrected chi connectivity index (χ2v) is 6.30. The van der Waals surface area contributed by atoms with Gasteiger partial charge in [0.25, 0.3) is 0 Å². The average Bonchev–Trinajstić information content (AvgIpc) is 3.15. The van der Waals surface area contributed by atoms with Gasteiger partial charge in [-0.25, -0.2) is 0 Å². The van der Waals surface area contributed by atoms with E-state index >= 15 is 0 Å². The van der Waals surface area contributed by atoms with Crippen molar-refractivity contribution in [1.29, 1.82) is 5.26 Å². The largest absolute Gasteiger partial charge is 0.192 e. The third-order valence-corrected chi connectivity index (χ3v) is 4.90. The Kier molecular flexibility index (Phi) is 3.42. The fourth-order valence-electron chi connectivity index (χ4n) is 2.99. The number of nitriles is 1. The maximum Gasteiger partial charge on any atom is 0.100 e. The first-order chi connectivity index (χ1) is 11.4. The summed E-state index contributed by atoms with van der Waals surface area (Å²) in [6.45, 7) is 0. The first kappa shape index (κ1) is 13.8. The molecule has 0 aliphatic rings. The Balaban J connectivity index is 2.15. The molecule has 0 atom stereocenters. The summed E-state index contributed by atoms with van der Waals surface area (Å²) in [5, 5.41) is 14.2. The molecular formula is C21H13NS. The zero-order chi connectivity index (χ0) is 15.6. The van der Waals surface area contributed by atoms with Crippen LogP contribution in [-0.4, -0.2) is 0 Å². The zero-order valence-electron chi connectivity index (χ0n) is 12.4. The average molecular weight is 311 g/mol. The molecule has 2 heteroatoms. The van der Waals surface area contributed by atoms with Gasteiger partial charge in [-0.1, -0.05) is 60.7 Å². The third kappa shape index (κ3) is 2.32. The lowest BCUT2D eigenvalue weighted by atomic mass is 9.90. The highest BCUT2D eigenvalue weighted by atomic mass is 32.1. The summed E-state index contributed by atoms with van der Waals surface area (Å²) < 4.78 is 0. The molecule has 1 nitrogen and oxygen atoms in total. The van der Waals surface area contributed by atoms with Crippen LogP contribution in [0.2, 0.25) is 0 Å². The molecule has 4 rings (SSSR count). The molecule has 1 heterocycles. The highest BCUT2D eigenvalue weighted by Crippen LogP contribution is 2.40. The molecule has 0 aliphatic heterocycles. The summed E-state index contributed by atoms with van der Waals surface area (Å²) in [4.78, 5) is 1.13. The minimum Gasteiger partial charge on any atom is -0.192 e. The van der Waals surface area contributed by atoms with E-state index in [1.165, 1.54) is 0 Å². The van der Waals surface area contributed by atoms with Gasteiger partial charge in [-0.2, -0.15) is 5.26 Å². The Morgan fingerprint density at radius 3 is 2.35 bits per heavy atom. The van der Waals surface area contributed by atoms with Crippen molar-refractivity contribution in [2.75, 3.05) is 0 Å². The number of hydrogen-bond acceptors (Lipinski definition) is 2. The highest BCUT2D eigenvalue weighted by Gasteiger charge is 2.16. The van der Waals surface area contributed by atoms with Gasteiger partial charge >= 0.3 is 0 Å². The monoisotopic (exact) mass is 311 g/mol. The van der Waals surface area contributed by atoms with E-state index < -0.39 is 0 Å². The molecule has 0 fully saturated rings. The van der Waals surface area contributed by atoms with E-state index in [1.807, 2.05) is 36.4 Å². The second-order valence-electron chi connectivity index (χ2n) is 5.35. The molecule has 0 bridgehead atoms. The topological polar surface area (TPSA) is 23.8 Å². The lowest BCUT2D eigenvalue weighted by Crippen LogP contribution is -1.91. The van der Waals surface area contributed by atoms with Gasteiger partial charge in [0, 0.05) is 16.0 Å². The lowest BCUT2D eigenvalue weighted by molar-refractivity contribution is 1.49. The van der Waals surface area contributed by atoms with Crippen LogP contribution in [-0.2, 0) is 0 Å². The summed E-state index contributed by atoms with van der Waals surface area (Å²) in [7, 11) is 0. The van der Waals surface area contributed by atoms with E-state index in [2.05, 4.69) is 47.8 Å². The van der Waals surface area contributed by atoms with Crippen LogP contribution in [0.3, 0.4) is 0 Å². The van der Waals surface area contributed by atoms with Gasteiger partial charge in [0.05, 0.1) is 5.56 Å². The van der Waals surface area contributed by atoms with Crippen LogP contribution in [0.25, 0.3) is 32.3 Å². The Bertz CT molecular complexity index is 1010. The van der Waals surface area contributed by atoms with Crippen LogP contribution in [0.15, 0.2) is 78.2 Å². The van der Waals surface area contributed by atoms with Gasteiger partial charge in [-0.3, -0.25) is 0 Å². The SMILES string of the molecule is N#Cc1c(-c2ccccc2)cc2ccccc2c1-c1cccs1. The van der Waals surface area contributed by atoms with E-state index in [1.54, 1.807) is 11.3 Å². The van der Waals surface area contributed by atoms with E-state index in [0.29, 0.717) is 0 Å². The van der Waals surface area contributed by atoms with Crippen LogP contribution < -0.4 is 0 Å². The van der Waals surface area contributed by atoms with Crippen molar-refractivity contribution < 1.29 is 0 Å². The van der Waals surface area contributed by atoms with Crippen molar-refractivity contribution in [2.24, 2.45) is 0 Å². The number of hydrogen-bond donors (Lipinski definition) is 0. The molecule has 0 spiro atoms. The van der Waals surface area contributed by atoms with Crippen molar-refractivity contribution >= 4 is 22.1 Å². The van der Waals surface area contributed by atoms with E-state index in [4.69, 9.17) is 0 Å². The van der Waals surface area contributed by atoms with Crippen LogP contribution in [0.4, 0.5) is 0 Å². The number of rotatable bonds is 2. The molecule has 0 amide bonds. The highest BCUT2D eigenvalue weighted by molar-refractivity contribution is 7.13. The Labute approximate surface area is 139 Å². The van der Waals surface area contributed by atoms with Crippen molar-refractivity contribution in [2.45, 2.75) is 0 Å². The Morgan fingerprint density at radius 1 is 0.826 bits per heavy atom. The molecule has 4 aromatic rings. The van der Waals surface area contributed by atoms with Crippen molar-refractivity contribution in [3.05, 3.63) is 83.7 Å². The minimum absolute atomic E-state index is 0.748. The predicted molar refractivity (Wildman–Crippen MR) is 97.4 cm³/mol. The lowest BCUT2D eigenvalue weighted by Gasteiger charge is -2.13. The van der Waals surface area contributed by atoms with Crippen molar-refractivity contribution in [1.82, 2.24) is 0 Å². The van der Waals surface area contributed by atoms with Crippen molar-refractivity contribution in [3.63, 3.8) is 0 Å². The van der Waals surface area contributed by atoms with Crippen molar-refractivity contribution in [3.8, 4) is 27.6 Å². The van der Waals surface area contributed by atoms with Crippen LogP contribution in [0.1, 0.15) is 5.56 Å². The van der Waals surface area contributed by atoms with E-state index in [9.17, 15) is 5.26 Å². The second kappa shape index (κ2) is 5.72. The molecule has 0 radical (unpaired) electrons. The maximum atomic E-state index is 9.87. The number of thiophene rings is 1. The molecule has 1 aromatic heterocycles. The molecule has 0 unspecified atom stereocenters. The molecule has 0 saturated carbocycles. The van der Waals surface area contributed by atoms with Crippen LogP contribution in [0.5, 0.6) is 0 Å². The summed E-state index contributed by atoms with van der Waals surface area (Å²) in [5.41, 5.74) is 3.86. The summed E-state index contributed by atoms with van der Waals surface area (Å²) in [6, 6.07) is 27.1. The number of benzene rings is 3. The van der Waals surface area contributed by atoms with Gasteiger partial charge in [-0.05, 0) is 33.8 Å². The smallest absolute Gasteiger partial charge is 0.100 e. The normalized spacial score (nSPS) is 10.6. The molecule has 0 aliphatic carbocycles. The first-order valence-electron chi connectivity index (χ1n) is 7.43. The van der Waals surface area contributed by atoms with Gasteiger partial charge in [-0.15, -0.1) is 11.3 Å². The Hall–Kier alpha value is -2.89. The summed E-state index contributed by atoms with van der Waals surface area (Å²) in [5.74, 6) is 0. The third-order valence-electron chi connectivity index (χ3n) is 4.01. The maximum absolute atomic E-state index is 9.87. The first-order valence-corrected chi connectivity index (χ1v) is 8.31. The minimum atomic E-state index is 0.748.